The fraction of sp³-hybridized carbons (Fsp3) is 0. The van der Waals surface area contributed by atoms with E-state index in [1.807, 2.05) is 53.1 Å². The number of imidazole rings is 1. The number of halogens is 2. The first-order valence-electron chi connectivity index (χ1n) is 5.14. The summed E-state index contributed by atoms with van der Waals surface area (Å²) in [5.41, 5.74) is 2.92. The molecule has 17 heavy (non-hydrogen) atoms. The molecule has 84 valence electrons. The Hall–Kier alpha value is -1.32. The molecule has 0 atom stereocenters. The molecule has 3 rings (SSSR count). The molecule has 1 aromatic heterocycles. The van der Waals surface area contributed by atoms with Crippen LogP contribution in [-0.2, 0) is 0 Å². The molecule has 1 heterocycles. The Morgan fingerprint density at radius 3 is 2.47 bits per heavy atom. The Morgan fingerprint density at radius 1 is 1.00 bits per heavy atom. The van der Waals surface area contributed by atoms with Crippen LogP contribution >= 0.6 is 27.5 Å². The standard InChI is InChI=1S/C13H8BrClN2/c14-9-5-7-10(8-6-9)17-12-4-2-1-3-11(12)16-13(17)15/h1-8H. The molecule has 0 fully saturated rings. The second-order valence-corrected chi connectivity index (χ2v) is 4.94. The first-order chi connectivity index (χ1) is 8.25. The minimum absolute atomic E-state index is 0.480. The maximum atomic E-state index is 6.18. The SMILES string of the molecule is Clc1nc2ccccc2n1-c1ccc(Br)cc1. The van der Waals surface area contributed by atoms with Crippen LogP contribution in [0.2, 0.25) is 5.28 Å². The number of aromatic nitrogens is 2. The van der Waals surface area contributed by atoms with Gasteiger partial charge in [-0.2, -0.15) is 0 Å². The minimum atomic E-state index is 0.480. The van der Waals surface area contributed by atoms with Crippen LogP contribution in [0.5, 0.6) is 0 Å². The molecule has 2 nitrogen and oxygen atoms in total. The first kappa shape index (κ1) is 10.8. The molecular weight excluding hydrogens is 300 g/mol. The van der Waals surface area contributed by atoms with E-state index in [1.165, 1.54) is 0 Å². The van der Waals surface area contributed by atoms with Crippen LogP contribution in [0.1, 0.15) is 0 Å². The maximum absolute atomic E-state index is 6.18. The molecule has 0 unspecified atom stereocenters. The van der Waals surface area contributed by atoms with Gasteiger partial charge in [-0.3, -0.25) is 4.57 Å². The van der Waals surface area contributed by atoms with Crippen molar-refractivity contribution >= 4 is 38.6 Å². The number of nitrogens with zero attached hydrogens (tertiary/aromatic N) is 2. The summed E-state index contributed by atoms with van der Waals surface area (Å²) in [7, 11) is 0. The summed E-state index contributed by atoms with van der Waals surface area (Å²) in [6.45, 7) is 0. The molecule has 0 amide bonds. The minimum Gasteiger partial charge on any atom is -0.283 e. The molecule has 0 spiro atoms. The van der Waals surface area contributed by atoms with Crippen molar-refractivity contribution in [1.82, 2.24) is 9.55 Å². The molecule has 0 N–H and O–H groups in total. The molecule has 2 aromatic carbocycles. The third kappa shape index (κ3) is 1.85. The third-order valence-corrected chi connectivity index (χ3v) is 3.39. The van der Waals surface area contributed by atoms with Crippen LogP contribution in [0.25, 0.3) is 16.7 Å². The summed E-state index contributed by atoms with van der Waals surface area (Å²) < 4.78 is 2.98. The average Bonchev–Trinajstić information content (AvgIpc) is 2.66. The number of rotatable bonds is 1. The van der Waals surface area contributed by atoms with E-state index < -0.39 is 0 Å². The Labute approximate surface area is 112 Å². The largest absolute Gasteiger partial charge is 0.283 e. The first-order valence-corrected chi connectivity index (χ1v) is 6.32. The highest BCUT2D eigenvalue weighted by molar-refractivity contribution is 9.10. The second-order valence-electron chi connectivity index (χ2n) is 3.68. The molecule has 0 saturated heterocycles. The van der Waals surface area contributed by atoms with Crippen LogP contribution in [0, 0.1) is 0 Å². The van der Waals surface area contributed by atoms with Crippen molar-refractivity contribution in [3.8, 4) is 5.69 Å². The highest BCUT2D eigenvalue weighted by atomic mass is 79.9. The van der Waals surface area contributed by atoms with Crippen LogP contribution in [0.4, 0.5) is 0 Å². The van der Waals surface area contributed by atoms with Gasteiger partial charge in [0.15, 0.2) is 0 Å². The van der Waals surface area contributed by atoms with Crippen molar-refractivity contribution in [2.45, 2.75) is 0 Å². The van der Waals surface area contributed by atoms with Crippen LogP contribution in [-0.4, -0.2) is 9.55 Å². The van der Waals surface area contributed by atoms with Gasteiger partial charge in [0.2, 0.25) is 5.28 Å². The van der Waals surface area contributed by atoms with Crippen LogP contribution in [0.15, 0.2) is 53.0 Å². The predicted octanol–water partition coefficient (Wildman–Crippen LogP) is 4.44. The van der Waals surface area contributed by atoms with Gasteiger partial charge in [-0.15, -0.1) is 0 Å². The smallest absolute Gasteiger partial charge is 0.208 e. The van der Waals surface area contributed by atoms with Gasteiger partial charge >= 0.3 is 0 Å². The van der Waals surface area contributed by atoms with Crippen LogP contribution < -0.4 is 0 Å². The van der Waals surface area contributed by atoms with Gasteiger partial charge in [0.25, 0.3) is 0 Å². The van der Waals surface area contributed by atoms with Crippen molar-refractivity contribution in [2.24, 2.45) is 0 Å². The second kappa shape index (κ2) is 4.17. The van der Waals surface area contributed by atoms with Gasteiger partial charge in [0.05, 0.1) is 11.0 Å². The monoisotopic (exact) mass is 306 g/mol. The fourth-order valence-electron chi connectivity index (χ4n) is 1.83. The van der Waals surface area contributed by atoms with Gasteiger partial charge in [0.1, 0.15) is 0 Å². The van der Waals surface area contributed by atoms with E-state index in [0.717, 1.165) is 21.2 Å². The summed E-state index contributed by atoms with van der Waals surface area (Å²) in [5.74, 6) is 0. The molecule has 0 bridgehead atoms. The Balaban J connectivity index is 2.29. The molecule has 0 aliphatic carbocycles. The highest BCUT2D eigenvalue weighted by Crippen LogP contribution is 2.25. The Morgan fingerprint density at radius 2 is 1.71 bits per heavy atom. The average molecular weight is 308 g/mol. The van der Waals surface area contributed by atoms with Gasteiger partial charge in [-0.1, -0.05) is 28.1 Å². The summed E-state index contributed by atoms with van der Waals surface area (Å²) in [6.07, 6.45) is 0. The zero-order chi connectivity index (χ0) is 11.8. The van der Waals surface area contributed by atoms with Gasteiger partial charge in [-0.05, 0) is 48.0 Å². The van der Waals surface area contributed by atoms with Crippen molar-refractivity contribution in [3.63, 3.8) is 0 Å². The summed E-state index contributed by atoms with van der Waals surface area (Å²) >= 11 is 9.60. The topological polar surface area (TPSA) is 17.8 Å². The molecule has 0 radical (unpaired) electrons. The summed E-state index contributed by atoms with van der Waals surface area (Å²) in [5, 5.41) is 0.480. The Bertz CT molecular complexity index is 673. The number of hydrogen-bond donors (Lipinski definition) is 0. The third-order valence-electron chi connectivity index (χ3n) is 2.60. The van der Waals surface area contributed by atoms with Gasteiger partial charge in [0, 0.05) is 10.2 Å². The van der Waals surface area contributed by atoms with Crippen molar-refractivity contribution < 1.29 is 0 Å². The summed E-state index contributed by atoms with van der Waals surface area (Å²) in [4.78, 5) is 4.33. The van der Waals surface area contributed by atoms with Crippen molar-refractivity contribution in [1.29, 1.82) is 0 Å². The van der Waals surface area contributed by atoms with E-state index >= 15 is 0 Å². The van der Waals surface area contributed by atoms with E-state index in [2.05, 4.69) is 20.9 Å². The molecular formula is C13H8BrClN2. The normalized spacial score (nSPS) is 10.9. The lowest BCUT2D eigenvalue weighted by Crippen LogP contribution is -1.93. The molecule has 0 saturated carbocycles. The molecule has 0 aliphatic rings. The lowest BCUT2D eigenvalue weighted by Gasteiger charge is -2.05. The Kier molecular flexibility index (Phi) is 2.65. The van der Waals surface area contributed by atoms with E-state index in [9.17, 15) is 0 Å². The molecule has 0 aliphatic heterocycles. The maximum Gasteiger partial charge on any atom is 0.208 e. The van der Waals surface area contributed by atoms with Crippen molar-refractivity contribution in [2.75, 3.05) is 0 Å². The zero-order valence-corrected chi connectivity index (χ0v) is 11.1. The molecule has 3 aromatic rings. The van der Waals surface area contributed by atoms with Gasteiger partial charge in [-0.25, -0.2) is 4.98 Å². The number of para-hydroxylation sites is 2. The van der Waals surface area contributed by atoms with E-state index in [0.29, 0.717) is 5.28 Å². The number of benzene rings is 2. The highest BCUT2D eigenvalue weighted by Gasteiger charge is 2.09. The van der Waals surface area contributed by atoms with Crippen molar-refractivity contribution in [3.05, 3.63) is 58.3 Å². The quantitative estimate of drug-likeness (QED) is 0.650. The van der Waals surface area contributed by atoms with E-state index in [1.54, 1.807) is 0 Å². The lowest BCUT2D eigenvalue weighted by molar-refractivity contribution is 1.09. The lowest BCUT2D eigenvalue weighted by atomic mass is 10.3. The zero-order valence-electron chi connectivity index (χ0n) is 8.77. The number of hydrogen-bond acceptors (Lipinski definition) is 1. The van der Waals surface area contributed by atoms with Gasteiger partial charge < -0.3 is 0 Å². The molecule has 4 heteroatoms. The number of fused-ring (bicyclic) bond motifs is 1. The summed E-state index contributed by atoms with van der Waals surface area (Å²) in [6, 6.07) is 15.9. The van der Waals surface area contributed by atoms with E-state index in [4.69, 9.17) is 11.6 Å². The fourth-order valence-corrected chi connectivity index (χ4v) is 2.38. The van der Waals surface area contributed by atoms with E-state index in [-0.39, 0.29) is 0 Å². The van der Waals surface area contributed by atoms with Crippen LogP contribution in [0.3, 0.4) is 0 Å². The predicted molar refractivity (Wildman–Crippen MR) is 73.8 cm³/mol.